The zero-order valence-corrected chi connectivity index (χ0v) is 12.5. The lowest BCUT2D eigenvalue weighted by atomic mass is 9.79. The van der Waals surface area contributed by atoms with E-state index in [9.17, 15) is 0 Å². The van der Waals surface area contributed by atoms with Gasteiger partial charge in [0.15, 0.2) is 0 Å². The van der Waals surface area contributed by atoms with Crippen molar-refractivity contribution in [2.24, 2.45) is 11.8 Å². The highest BCUT2D eigenvalue weighted by atomic mass is 79.9. The molecule has 0 aliphatic heterocycles. The normalized spacial score (nSPS) is 29.1. The van der Waals surface area contributed by atoms with Crippen molar-refractivity contribution in [3.05, 3.63) is 28.2 Å². The van der Waals surface area contributed by atoms with E-state index in [0.29, 0.717) is 6.04 Å². The molecule has 17 heavy (non-hydrogen) atoms. The first-order chi connectivity index (χ1) is 8.04. The van der Waals surface area contributed by atoms with Gasteiger partial charge in [-0.3, -0.25) is 0 Å². The highest BCUT2D eigenvalue weighted by Gasteiger charge is 2.24. The van der Waals surface area contributed by atoms with E-state index >= 15 is 0 Å². The Morgan fingerprint density at radius 3 is 2.53 bits per heavy atom. The SMILES string of the molecule is Cc1cc(Br)cc(NC2CCC(C)C(C)C2)c1. The summed E-state index contributed by atoms with van der Waals surface area (Å²) in [5.74, 6) is 1.73. The fourth-order valence-electron chi connectivity index (χ4n) is 2.73. The second kappa shape index (κ2) is 5.43. The molecular weight excluding hydrogens is 274 g/mol. The Bertz CT molecular complexity index is 368. The molecule has 2 heteroatoms. The Morgan fingerprint density at radius 1 is 1.12 bits per heavy atom. The van der Waals surface area contributed by atoms with Gasteiger partial charge in [-0.1, -0.05) is 29.8 Å². The molecule has 1 aromatic rings. The number of aryl methyl sites for hydroxylation is 1. The average Bonchev–Trinajstić information content (AvgIpc) is 2.22. The van der Waals surface area contributed by atoms with Crippen molar-refractivity contribution in [2.45, 2.75) is 46.1 Å². The van der Waals surface area contributed by atoms with Crippen LogP contribution in [0, 0.1) is 18.8 Å². The number of rotatable bonds is 2. The van der Waals surface area contributed by atoms with Crippen LogP contribution in [0.5, 0.6) is 0 Å². The monoisotopic (exact) mass is 295 g/mol. The van der Waals surface area contributed by atoms with Gasteiger partial charge in [0.05, 0.1) is 0 Å². The molecule has 0 heterocycles. The molecule has 0 radical (unpaired) electrons. The molecule has 0 bridgehead atoms. The highest BCUT2D eigenvalue weighted by Crippen LogP contribution is 2.31. The van der Waals surface area contributed by atoms with Crippen LogP contribution in [0.2, 0.25) is 0 Å². The van der Waals surface area contributed by atoms with Crippen LogP contribution in [0.25, 0.3) is 0 Å². The van der Waals surface area contributed by atoms with Crippen molar-refractivity contribution in [3.63, 3.8) is 0 Å². The summed E-state index contributed by atoms with van der Waals surface area (Å²) in [4.78, 5) is 0. The van der Waals surface area contributed by atoms with Crippen molar-refractivity contribution in [2.75, 3.05) is 5.32 Å². The van der Waals surface area contributed by atoms with Crippen molar-refractivity contribution in [1.82, 2.24) is 0 Å². The first kappa shape index (κ1) is 12.9. The van der Waals surface area contributed by atoms with Gasteiger partial charge in [0, 0.05) is 16.2 Å². The maximum absolute atomic E-state index is 3.68. The second-order valence-corrected chi connectivity index (χ2v) is 6.54. The Balaban J connectivity index is 2.01. The number of hydrogen-bond acceptors (Lipinski definition) is 1. The van der Waals surface area contributed by atoms with Gasteiger partial charge in [-0.25, -0.2) is 0 Å². The minimum atomic E-state index is 0.648. The van der Waals surface area contributed by atoms with Crippen LogP contribution in [0.1, 0.15) is 38.7 Å². The van der Waals surface area contributed by atoms with Crippen LogP contribution in [-0.2, 0) is 0 Å². The van der Waals surface area contributed by atoms with E-state index in [4.69, 9.17) is 0 Å². The molecule has 3 unspecified atom stereocenters. The zero-order valence-electron chi connectivity index (χ0n) is 11.0. The summed E-state index contributed by atoms with van der Waals surface area (Å²) in [5.41, 5.74) is 2.56. The summed E-state index contributed by atoms with van der Waals surface area (Å²) in [5, 5.41) is 3.68. The van der Waals surface area contributed by atoms with E-state index in [1.54, 1.807) is 0 Å². The van der Waals surface area contributed by atoms with Gasteiger partial charge < -0.3 is 5.32 Å². The lowest BCUT2D eigenvalue weighted by molar-refractivity contribution is 0.261. The first-order valence-corrected chi connectivity index (χ1v) is 7.37. The maximum atomic E-state index is 3.68. The molecule has 0 saturated heterocycles. The third kappa shape index (κ3) is 3.48. The third-order valence-electron chi connectivity index (χ3n) is 4.01. The predicted molar refractivity (Wildman–Crippen MR) is 78.5 cm³/mol. The largest absolute Gasteiger partial charge is 0.382 e. The summed E-state index contributed by atoms with van der Waals surface area (Å²) in [7, 11) is 0. The quantitative estimate of drug-likeness (QED) is 0.810. The zero-order chi connectivity index (χ0) is 12.4. The Labute approximate surface area is 113 Å². The summed E-state index contributed by atoms with van der Waals surface area (Å²) < 4.78 is 1.16. The number of halogens is 1. The van der Waals surface area contributed by atoms with Crippen LogP contribution in [-0.4, -0.2) is 6.04 Å². The molecule has 1 aromatic carbocycles. The van der Waals surface area contributed by atoms with Crippen molar-refractivity contribution >= 4 is 21.6 Å². The van der Waals surface area contributed by atoms with E-state index in [1.807, 2.05) is 0 Å². The standard InChI is InChI=1S/C15H22BrN/c1-10-6-13(16)9-15(7-10)17-14-5-4-11(2)12(3)8-14/h6-7,9,11-12,14,17H,4-5,8H2,1-3H3. The summed E-state index contributed by atoms with van der Waals surface area (Å²) in [6.45, 7) is 6.90. The van der Waals surface area contributed by atoms with Crippen LogP contribution < -0.4 is 5.32 Å². The molecule has 1 aliphatic rings. The van der Waals surface area contributed by atoms with Gasteiger partial charge in [-0.15, -0.1) is 0 Å². The number of anilines is 1. The molecule has 1 N–H and O–H groups in total. The van der Waals surface area contributed by atoms with Gasteiger partial charge in [0.25, 0.3) is 0 Å². The summed E-state index contributed by atoms with van der Waals surface area (Å²) in [6, 6.07) is 7.20. The molecule has 0 aromatic heterocycles. The highest BCUT2D eigenvalue weighted by molar-refractivity contribution is 9.10. The van der Waals surface area contributed by atoms with E-state index in [-0.39, 0.29) is 0 Å². The number of nitrogens with one attached hydrogen (secondary N) is 1. The molecule has 0 amide bonds. The van der Waals surface area contributed by atoms with Crippen LogP contribution in [0.4, 0.5) is 5.69 Å². The van der Waals surface area contributed by atoms with E-state index in [0.717, 1.165) is 16.3 Å². The summed E-state index contributed by atoms with van der Waals surface area (Å²) in [6.07, 6.45) is 3.95. The summed E-state index contributed by atoms with van der Waals surface area (Å²) >= 11 is 3.56. The molecule has 1 aliphatic carbocycles. The molecule has 94 valence electrons. The topological polar surface area (TPSA) is 12.0 Å². The lowest BCUT2D eigenvalue weighted by Crippen LogP contribution is -2.30. The van der Waals surface area contributed by atoms with Gasteiger partial charge in [-0.05, 0) is 61.8 Å². The van der Waals surface area contributed by atoms with E-state index in [1.165, 1.54) is 30.5 Å². The molecule has 2 rings (SSSR count). The van der Waals surface area contributed by atoms with Crippen molar-refractivity contribution in [1.29, 1.82) is 0 Å². The van der Waals surface area contributed by atoms with Crippen LogP contribution in [0.3, 0.4) is 0 Å². The van der Waals surface area contributed by atoms with Gasteiger partial charge in [0.1, 0.15) is 0 Å². The predicted octanol–water partition coefficient (Wildman–Crippen LogP) is 4.99. The fourth-order valence-corrected chi connectivity index (χ4v) is 3.34. The van der Waals surface area contributed by atoms with E-state index < -0.39 is 0 Å². The van der Waals surface area contributed by atoms with Gasteiger partial charge in [-0.2, -0.15) is 0 Å². The van der Waals surface area contributed by atoms with Crippen LogP contribution >= 0.6 is 15.9 Å². The molecule has 0 spiro atoms. The molecular formula is C15H22BrN. The Morgan fingerprint density at radius 2 is 1.88 bits per heavy atom. The van der Waals surface area contributed by atoms with E-state index in [2.05, 4.69) is 60.2 Å². The minimum absolute atomic E-state index is 0.648. The third-order valence-corrected chi connectivity index (χ3v) is 4.47. The lowest BCUT2D eigenvalue weighted by Gasteiger charge is -2.33. The average molecular weight is 296 g/mol. The maximum Gasteiger partial charge on any atom is 0.0356 e. The van der Waals surface area contributed by atoms with Crippen LogP contribution in [0.15, 0.2) is 22.7 Å². The van der Waals surface area contributed by atoms with Gasteiger partial charge >= 0.3 is 0 Å². The Hall–Kier alpha value is -0.500. The molecule has 1 saturated carbocycles. The fraction of sp³-hybridized carbons (Fsp3) is 0.600. The molecule has 1 fully saturated rings. The minimum Gasteiger partial charge on any atom is -0.382 e. The number of hydrogen-bond donors (Lipinski definition) is 1. The smallest absolute Gasteiger partial charge is 0.0356 e. The first-order valence-electron chi connectivity index (χ1n) is 6.58. The second-order valence-electron chi connectivity index (χ2n) is 5.63. The van der Waals surface area contributed by atoms with Gasteiger partial charge in [0.2, 0.25) is 0 Å². The molecule has 1 nitrogen and oxygen atoms in total. The van der Waals surface area contributed by atoms with Crippen molar-refractivity contribution in [3.8, 4) is 0 Å². The van der Waals surface area contributed by atoms with Crippen molar-refractivity contribution < 1.29 is 0 Å². The molecule has 3 atom stereocenters. The number of benzene rings is 1. The Kier molecular flexibility index (Phi) is 4.13.